The number of unbranched alkanes of at least 4 members (excludes halogenated alkanes) is 36. The van der Waals surface area contributed by atoms with Gasteiger partial charge in [-0.05, 0) is 103 Å². The number of carbonyl (C=O) groups is 2. The number of phosphoric acid groups is 1. The average molecular weight is 1260 g/mol. The van der Waals surface area contributed by atoms with E-state index in [1.165, 1.54) is 193 Å². The van der Waals surface area contributed by atoms with Crippen LogP contribution >= 0.6 is 7.82 Å². The van der Waals surface area contributed by atoms with Crippen molar-refractivity contribution in [3.8, 4) is 0 Å². The quantitative estimate of drug-likeness (QED) is 0.0264. The number of allylic oxidation sites excluding steroid dienone is 20. The van der Waals surface area contributed by atoms with Crippen LogP contribution in [0.15, 0.2) is 122 Å². The van der Waals surface area contributed by atoms with Crippen LogP contribution in [0.4, 0.5) is 0 Å². The van der Waals surface area contributed by atoms with Crippen molar-refractivity contribution in [2.75, 3.05) is 26.4 Å². The Balaban J connectivity index is 3.82. The predicted molar refractivity (Wildman–Crippen MR) is 385 cm³/mol. The molecular weight excluding hydrogens is 1120 g/mol. The van der Waals surface area contributed by atoms with Crippen molar-refractivity contribution < 1.29 is 37.6 Å². The zero-order valence-electron chi connectivity index (χ0n) is 57.6. The van der Waals surface area contributed by atoms with E-state index in [1.807, 2.05) is 0 Å². The summed E-state index contributed by atoms with van der Waals surface area (Å²) < 4.78 is 33.2. The molecule has 0 aliphatic heterocycles. The van der Waals surface area contributed by atoms with Crippen molar-refractivity contribution >= 4 is 19.8 Å². The van der Waals surface area contributed by atoms with Crippen LogP contribution < -0.4 is 5.73 Å². The van der Waals surface area contributed by atoms with Crippen LogP contribution in [0.2, 0.25) is 0 Å². The molecule has 2 unspecified atom stereocenters. The number of esters is 2. The van der Waals surface area contributed by atoms with E-state index in [0.29, 0.717) is 6.42 Å². The fourth-order valence-corrected chi connectivity index (χ4v) is 11.2. The third-order valence-corrected chi connectivity index (χ3v) is 16.8. The molecule has 2 atom stereocenters. The summed E-state index contributed by atoms with van der Waals surface area (Å²) in [5.41, 5.74) is 5.41. The first-order valence-electron chi connectivity index (χ1n) is 37.0. The lowest BCUT2D eigenvalue weighted by Gasteiger charge is -2.19. The molecule has 0 amide bonds. The van der Waals surface area contributed by atoms with E-state index in [-0.39, 0.29) is 38.6 Å². The first-order chi connectivity index (χ1) is 43.8. The molecule has 0 spiro atoms. The zero-order chi connectivity index (χ0) is 64.4. The van der Waals surface area contributed by atoms with E-state index in [9.17, 15) is 19.0 Å². The first kappa shape index (κ1) is 85.4. The van der Waals surface area contributed by atoms with E-state index in [2.05, 4.69) is 135 Å². The van der Waals surface area contributed by atoms with E-state index < -0.39 is 26.5 Å². The maximum absolute atomic E-state index is 12.8. The highest BCUT2D eigenvalue weighted by molar-refractivity contribution is 7.47. The maximum atomic E-state index is 12.8. The van der Waals surface area contributed by atoms with Crippen molar-refractivity contribution in [1.82, 2.24) is 0 Å². The number of rotatable bonds is 69. The second-order valence-electron chi connectivity index (χ2n) is 24.4. The monoisotopic (exact) mass is 1260 g/mol. The van der Waals surface area contributed by atoms with Gasteiger partial charge >= 0.3 is 19.8 Å². The van der Waals surface area contributed by atoms with Gasteiger partial charge in [-0.25, -0.2) is 4.57 Å². The molecule has 0 aromatic rings. The molecule has 9 nitrogen and oxygen atoms in total. The Kier molecular flexibility index (Phi) is 70.5. The van der Waals surface area contributed by atoms with Crippen molar-refractivity contribution in [2.24, 2.45) is 5.73 Å². The molecule has 0 saturated carbocycles. The van der Waals surface area contributed by atoms with Crippen molar-refractivity contribution in [3.05, 3.63) is 122 Å². The van der Waals surface area contributed by atoms with E-state index in [4.69, 9.17) is 24.3 Å². The third kappa shape index (κ3) is 73.3. The molecule has 0 aliphatic carbocycles. The molecule has 0 radical (unpaired) electrons. The highest BCUT2D eigenvalue weighted by Crippen LogP contribution is 2.43. The average Bonchev–Trinajstić information content (AvgIpc) is 3.68. The molecule has 0 bridgehead atoms. The zero-order valence-corrected chi connectivity index (χ0v) is 58.5. The molecule has 3 N–H and O–H groups in total. The number of hydrogen-bond acceptors (Lipinski definition) is 8. The summed E-state index contributed by atoms with van der Waals surface area (Å²) in [4.78, 5) is 35.4. The Hall–Kier alpha value is -3.59. The van der Waals surface area contributed by atoms with E-state index in [1.54, 1.807) is 0 Å². The van der Waals surface area contributed by atoms with Crippen LogP contribution in [0, 0.1) is 0 Å². The Morgan fingerprint density at radius 3 is 0.865 bits per heavy atom. The van der Waals surface area contributed by atoms with Crippen LogP contribution in [-0.4, -0.2) is 49.3 Å². The molecule has 0 aromatic carbocycles. The van der Waals surface area contributed by atoms with Gasteiger partial charge in [0, 0.05) is 19.4 Å². The Labute approximate surface area is 549 Å². The second kappa shape index (κ2) is 73.5. The topological polar surface area (TPSA) is 134 Å². The molecule has 0 fully saturated rings. The smallest absolute Gasteiger partial charge is 0.462 e. The standard InChI is InChI=1S/C79H138NO8P/c1-3-5-7-9-11-13-15-17-19-21-23-25-27-29-31-33-34-35-36-37-38-39-40-41-42-44-45-47-49-51-53-55-57-59-61-63-65-67-69-71-78(81)85-75-77(76-87-89(83,84)86-74-73-80)88-79(82)72-70-68-66-64-62-60-58-56-54-52-50-48-46-43-32-30-28-26-24-22-20-18-16-14-12-10-8-6-4-2/h5-8,11-14,17-20,23-26,30,32,46,48,77H,3-4,9-10,15-16,21-22,27-29,31,33-45,47,49-76,80H2,1-2H3,(H,83,84)/b7-5-,8-6-,13-11-,14-12-,19-17-,20-18-,25-23-,26-24-,32-30-,48-46-. The van der Waals surface area contributed by atoms with Crippen LogP contribution in [-0.2, 0) is 32.7 Å². The molecular formula is C79H138NO8P. The molecule has 0 heterocycles. The minimum Gasteiger partial charge on any atom is -0.462 e. The van der Waals surface area contributed by atoms with Gasteiger partial charge in [0.25, 0.3) is 0 Å². The number of carbonyl (C=O) groups excluding carboxylic acids is 2. The molecule has 89 heavy (non-hydrogen) atoms. The highest BCUT2D eigenvalue weighted by Gasteiger charge is 2.26. The summed E-state index contributed by atoms with van der Waals surface area (Å²) in [7, 11) is -4.40. The van der Waals surface area contributed by atoms with Gasteiger partial charge in [0.2, 0.25) is 0 Å². The Morgan fingerprint density at radius 2 is 0.584 bits per heavy atom. The van der Waals surface area contributed by atoms with Crippen molar-refractivity contribution in [2.45, 2.75) is 341 Å². The summed E-state index contributed by atoms with van der Waals surface area (Å²) in [5.74, 6) is -0.824. The maximum Gasteiger partial charge on any atom is 0.472 e. The molecule has 10 heteroatoms. The number of ether oxygens (including phenoxy) is 2. The largest absolute Gasteiger partial charge is 0.472 e. The first-order valence-corrected chi connectivity index (χ1v) is 38.5. The predicted octanol–water partition coefficient (Wildman–Crippen LogP) is 24.6. The molecule has 0 aromatic heterocycles. The fraction of sp³-hybridized carbons (Fsp3) is 0.722. The van der Waals surface area contributed by atoms with Gasteiger partial charge in [-0.1, -0.05) is 341 Å². The molecule has 0 aliphatic rings. The van der Waals surface area contributed by atoms with Crippen molar-refractivity contribution in [1.29, 1.82) is 0 Å². The lowest BCUT2D eigenvalue weighted by atomic mass is 10.0. The summed E-state index contributed by atoms with van der Waals surface area (Å²) in [6.45, 7) is 3.55. The minimum absolute atomic E-state index is 0.0495. The van der Waals surface area contributed by atoms with E-state index >= 15 is 0 Å². The van der Waals surface area contributed by atoms with E-state index in [0.717, 1.165) is 109 Å². The van der Waals surface area contributed by atoms with Crippen LogP contribution in [0.3, 0.4) is 0 Å². The third-order valence-electron chi connectivity index (χ3n) is 15.8. The van der Waals surface area contributed by atoms with Gasteiger partial charge in [0.1, 0.15) is 6.61 Å². The summed E-state index contributed by atoms with van der Waals surface area (Å²) in [6, 6.07) is 0. The van der Waals surface area contributed by atoms with Crippen LogP contribution in [0.25, 0.3) is 0 Å². The lowest BCUT2D eigenvalue weighted by molar-refractivity contribution is -0.161. The summed E-state index contributed by atoms with van der Waals surface area (Å²) in [5, 5.41) is 0. The van der Waals surface area contributed by atoms with Gasteiger partial charge in [0.15, 0.2) is 6.10 Å². The normalized spacial score (nSPS) is 13.6. The molecule has 512 valence electrons. The van der Waals surface area contributed by atoms with Gasteiger partial charge in [-0.2, -0.15) is 0 Å². The van der Waals surface area contributed by atoms with Crippen LogP contribution in [0.5, 0.6) is 0 Å². The lowest BCUT2D eigenvalue weighted by Crippen LogP contribution is -2.29. The SMILES string of the molecule is CC/C=C\C/C=C\C/C=C\C/C=C\C/C=C\C/C=C\CCCCCCCCCCCCC(=O)OC(COC(=O)CCCCCCCCCCCCCCCCCCCCCCCCCCCC/C=C\C/C=C\C/C=C\C/C=C\CC)COP(=O)(O)OCCN. The van der Waals surface area contributed by atoms with Crippen LogP contribution in [0.1, 0.15) is 335 Å². The fourth-order valence-electron chi connectivity index (χ4n) is 10.5. The minimum atomic E-state index is -4.40. The van der Waals surface area contributed by atoms with Gasteiger partial charge in [0.05, 0.1) is 13.2 Å². The number of hydrogen-bond donors (Lipinski definition) is 2. The molecule has 0 rings (SSSR count). The molecule has 0 saturated heterocycles. The second-order valence-corrected chi connectivity index (χ2v) is 25.9. The van der Waals surface area contributed by atoms with Gasteiger partial charge in [-0.3, -0.25) is 18.6 Å². The number of phosphoric ester groups is 1. The summed E-state index contributed by atoms with van der Waals surface area (Å²) in [6.07, 6.45) is 103. The van der Waals surface area contributed by atoms with Crippen molar-refractivity contribution in [3.63, 3.8) is 0 Å². The van der Waals surface area contributed by atoms with Gasteiger partial charge < -0.3 is 20.1 Å². The Morgan fingerprint density at radius 1 is 0.337 bits per heavy atom. The Bertz CT molecular complexity index is 1880. The highest BCUT2D eigenvalue weighted by atomic mass is 31.2. The summed E-state index contributed by atoms with van der Waals surface area (Å²) >= 11 is 0. The van der Waals surface area contributed by atoms with Gasteiger partial charge in [-0.15, -0.1) is 0 Å². The number of nitrogens with two attached hydrogens (primary N) is 1.